The van der Waals surface area contributed by atoms with Crippen LogP contribution >= 0.6 is 0 Å². The van der Waals surface area contributed by atoms with Gasteiger partial charge in [0.25, 0.3) is 0 Å². The number of hydrogen-bond donors (Lipinski definition) is 2. The minimum absolute atomic E-state index is 0.129. The maximum absolute atomic E-state index is 12.2. The van der Waals surface area contributed by atoms with Gasteiger partial charge in [0.2, 0.25) is 0 Å². The van der Waals surface area contributed by atoms with Gasteiger partial charge in [0, 0.05) is 25.2 Å². The highest BCUT2D eigenvalue weighted by Gasteiger charge is 2.22. The highest BCUT2D eigenvalue weighted by atomic mass is 16.5. The lowest BCUT2D eigenvalue weighted by Gasteiger charge is -2.15. The number of carbonyl (C=O) groups is 2. The van der Waals surface area contributed by atoms with Crippen molar-refractivity contribution in [1.29, 1.82) is 0 Å². The summed E-state index contributed by atoms with van der Waals surface area (Å²) in [6.45, 7) is 4.92. The molecule has 2 amide bonds. The van der Waals surface area contributed by atoms with Crippen molar-refractivity contribution in [3.8, 4) is 0 Å². The maximum atomic E-state index is 12.2. The average Bonchev–Trinajstić information content (AvgIpc) is 3.23. The second-order valence-corrected chi connectivity index (χ2v) is 5.47. The quantitative estimate of drug-likeness (QED) is 0.815. The number of benzene rings is 1. The number of nitrogens with one attached hydrogen (secondary N) is 2. The van der Waals surface area contributed by atoms with E-state index in [0.29, 0.717) is 24.5 Å². The van der Waals surface area contributed by atoms with E-state index >= 15 is 0 Å². The van der Waals surface area contributed by atoms with E-state index in [4.69, 9.17) is 4.74 Å². The molecule has 0 aliphatic carbocycles. The Hall–Kier alpha value is -2.90. The molecule has 0 saturated carbocycles. The van der Waals surface area contributed by atoms with Crippen molar-refractivity contribution < 1.29 is 14.3 Å². The van der Waals surface area contributed by atoms with E-state index in [1.54, 1.807) is 36.1 Å². The van der Waals surface area contributed by atoms with Crippen LogP contribution in [0.3, 0.4) is 0 Å². The van der Waals surface area contributed by atoms with E-state index in [2.05, 4.69) is 20.5 Å². The van der Waals surface area contributed by atoms with Crippen LogP contribution in [0.25, 0.3) is 0 Å². The Morgan fingerprint density at radius 3 is 2.71 bits per heavy atom. The van der Waals surface area contributed by atoms with Crippen molar-refractivity contribution in [1.82, 2.24) is 20.5 Å². The Bertz CT molecular complexity index is 740. The number of ether oxygens (including phenoxy) is 1. The Morgan fingerprint density at radius 1 is 1.38 bits per heavy atom. The zero-order valence-electron chi connectivity index (χ0n) is 13.6. The van der Waals surface area contributed by atoms with Gasteiger partial charge in [-0.25, -0.2) is 14.6 Å². The zero-order valence-corrected chi connectivity index (χ0v) is 13.6. The fourth-order valence-corrected chi connectivity index (χ4v) is 2.43. The van der Waals surface area contributed by atoms with Gasteiger partial charge in [-0.15, -0.1) is 0 Å². The van der Waals surface area contributed by atoms with Crippen molar-refractivity contribution in [3.05, 3.63) is 41.5 Å². The molecule has 0 unspecified atom stereocenters. The number of nitrogens with zero attached hydrogens (tertiary/aromatic N) is 3. The van der Waals surface area contributed by atoms with Crippen LogP contribution in [0.2, 0.25) is 0 Å². The minimum Gasteiger partial charge on any atom is -0.451 e. The molecule has 8 nitrogen and oxygen atoms in total. The molecule has 0 radical (unpaired) electrons. The van der Waals surface area contributed by atoms with E-state index in [1.807, 2.05) is 6.92 Å². The lowest BCUT2D eigenvalue weighted by Crippen LogP contribution is -2.27. The molecule has 1 aliphatic heterocycles. The number of aromatic amines is 1. The number of carbonyl (C=O) groups excluding carboxylic acids is 2. The SMILES string of the molecule is CCc1nc([C@H](C)OC(=O)c2ccc(N3CCNC3=O)cc2)n[nH]1. The molecule has 1 fully saturated rings. The average molecular weight is 329 g/mol. The van der Waals surface area contributed by atoms with Crippen LogP contribution < -0.4 is 10.2 Å². The third kappa shape index (κ3) is 3.22. The van der Waals surface area contributed by atoms with Crippen LogP contribution in [0, 0.1) is 0 Å². The summed E-state index contributed by atoms with van der Waals surface area (Å²) in [4.78, 5) is 29.7. The van der Waals surface area contributed by atoms with E-state index in [1.165, 1.54) is 0 Å². The molecule has 2 heterocycles. The number of aryl methyl sites for hydroxylation is 1. The Labute approximate surface area is 139 Å². The number of H-pyrrole nitrogens is 1. The molecule has 8 heteroatoms. The van der Waals surface area contributed by atoms with Crippen LogP contribution in [-0.2, 0) is 11.2 Å². The first kappa shape index (κ1) is 16.0. The van der Waals surface area contributed by atoms with E-state index in [9.17, 15) is 9.59 Å². The van der Waals surface area contributed by atoms with Crippen molar-refractivity contribution in [3.63, 3.8) is 0 Å². The van der Waals surface area contributed by atoms with Gasteiger partial charge >= 0.3 is 12.0 Å². The van der Waals surface area contributed by atoms with Gasteiger partial charge in [0.15, 0.2) is 11.9 Å². The van der Waals surface area contributed by atoms with Crippen LogP contribution in [0.4, 0.5) is 10.5 Å². The third-order valence-electron chi connectivity index (χ3n) is 3.80. The van der Waals surface area contributed by atoms with Gasteiger partial charge in [-0.2, -0.15) is 5.10 Å². The Kier molecular flexibility index (Phi) is 4.45. The number of rotatable bonds is 5. The highest BCUT2D eigenvalue weighted by Crippen LogP contribution is 2.20. The largest absolute Gasteiger partial charge is 0.451 e. The molecule has 126 valence electrons. The fourth-order valence-electron chi connectivity index (χ4n) is 2.43. The van der Waals surface area contributed by atoms with Crippen molar-refractivity contribution in [2.24, 2.45) is 0 Å². The van der Waals surface area contributed by atoms with Crippen molar-refractivity contribution >= 4 is 17.7 Å². The second-order valence-electron chi connectivity index (χ2n) is 5.47. The van der Waals surface area contributed by atoms with Crippen LogP contribution in [0.15, 0.2) is 24.3 Å². The number of hydrogen-bond acceptors (Lipinski definition) is 5. The van der Waals surface area contributed by atoms with Crippen LogP contribution in [0.5, 0.6) is 0 Å². The molecule has 1 aromatic carbocycles. The molecule has 2 N–H and O–H groups in total. The van der Waals surface area contributed by atoms with E-state index < -0.39 is 12.1 Å². The summed E-state index contributed by atoms with van der Waals surface area (Å²) in [6.07, 6.45) is 0.192. The summed E-state index contributed by atoms with van der Waals surface area (Å²) < 4.78 is 5.39. The third-order valence-corrected chi connectivity index (χ3v) is 3.80. The van der Waals surface area contributed by atoms with Crippen molar-refractivity contribution in [2.75, 3.05) is 18.0 Å². The minimum atomic E-state index is -0.543. The van der Waals surface area contributed by atoms with Crippen LogP contribution in [-0.4, -0.2) is 40.3 Å². The number of amides is 2. The highest BCUT2D eigenvalue weighted by molar-refractivity contribution is 5.95. The molecule has 1 saturated heterocycles. The summed E-state index contributed by atoms with van der Waals surface area (Å²) in [7, 11) is 0. The summed E-state index contributed by atoms with van der Waals surface area (Å²) in [5.41, 5.74) is 1.16. The topological polar surface area (TPSA) is 100 Å². The Balaban J connectivity index is 1.65. The first-order valence-electron chi connectivity index (χ1n) is 7.86. The molecule has 24 heavy (non-hydrogen) atoms. The number of urea groups is 1. The standard InChI is InChI=1S/C16H19N5O3/c1-3-13-18-14(20-19-13)10(2)24-15(22)11-4-6-12(7-5-11)21-9-8-17-16(21)23/h4-7,10H,3,8-9H2,1-2H3,(H,17,23)(H,18,19,20)/t10-/m0/s1. The number of aromatic nitrogens is 3. The summed E-state index contributed by atoms with van der Waals surface area (Å²) in [5, 5.41) is 9.58. The predicted molar refractivity (Wildman–Crippen MR) is 86.8 cm³/mol. The molecule has 1 atom stereocenters. The zero-order chi connectivity index (χ0) is 17.1. The fraction of sp³-hybridized carbons (Fsp3) is 0.375. The van der Waals surface area contributed by atoms with E-state index in [-0.39, 0.29) is 6.03 Å². The van der Waals surface area contributed by atoms with Crippen LogP contribution in [0.1, 0.15) is 42.0 Å². The van der Waals surface area contributed by atoms with Gasteiger partial charge in [0.1, 0.15) is 5.82 Å². The first-order chi connectivity index (χ1) is 11.6. The molecular formula is C16H19N5O3. The smallest absolute Gasteiger partial charge is 0.338 e. The lowest BCUT2D eigenvalue weighted by atomic mass is 10.2. The molecular weight excluding hydrogens is 310 g/mol. The van der Waals surface area contributed by atoms with Gasteiger partial charge in [-0.3, -0.25) is 10.00 Å². The molecule has 0 spiro atoms. The predicted octanol–water partition coefficient (Wildman–Crippen LogP) is 1.81. The second kappa shape index (κ2) is 6.69. The maximum Gasteiger partial charge on any atom is 0.338 e. The molecule has 0 bridgehead atoms. The lowest BCUT2D eigenvalue weighted by molar-refractivity contribution is 0.0320. The Morgan fingerprint density at radius 2 is 2.12 bits per heavy atom. The summed E-state index contributed by atoms with van der Waals surface area (Å²) in [6, 6.07) is 6.62. The molecule has 2 aromatic rings. The van der Waals surface area contributed by atoms with Gasteiger partial charge in [-0.05, 0) is 31.2 Å². The first-order valence-corrected chi connectivity index (χ1v) is 7.86. The molecule has 3 rings (SSSR count). The summed E-state index contributed by atoms with van der Waals surface area (Å²) in [5.74, 6) is 0.745. The number of esters is 1. The summed E-state index contributed by atoms with van der Waals surface area (Å²) >= 11 is 0. The van der Waals surface area contributed by atoms with Crippen molar-refractivity contribution in [2.45, 2.75) is 26.4 Å². The van der Waals surface area contributed by atoms with Gasteiger partial charge < -0.3 is 10.1 Å². The van der Waals surface area contributed by atoms with Gasteiger partial charge in [0.05, 0.1) is 5.56 Å². The monoisotopic (exact) mass is 329 g/mol. The van der Waals surface area contributed by atoms with Gasteiger partial charge in [-0.1, -0.05) is 6.92 Å². The normalized spacial score (nSPS) is 15.2. The molecule has 1 aromatic heterocycles. The number of anilines is 1. The molecule has 1 aliphatic rings. The van der Waals surface area contributed by atoms with E-state index in [0.717, 1.165) is 17.9 Å².